The number of anilines is 1. The van der Waals surface area contributed by atoms with Crippen LogP contribution in [-0.4, -0.2) is 9.78 Å². The van der Waals surface area contributed by atoms with Gasteiger partial charge in [-0.1, -0.05) is 17.7 Å². The van der Waals surface area contributed by atoms with Crippen LogP contribution in [0.1, 0.15) is 28.6 Å². The van der Waals surface area contributed by atoms with E-state index in [0.29, 0.717) is 0 Å². The molecule has 0 aliphatic carbocycles. The van der Waals surface area contributed by atoms with E-state index in [1.54, 1.807) is 0 Å². The number of rotatable bonds is 3. The summed E-state index contributed by atoms with van der Waals surface area (Å²) in [7, 11) is 1.89. The van der Waals surface area contributed by atoms with Gasteiger partial charge in [-0.05, 0) is 32.9 Å². The Bertz CT molecular complexity index is 617. The Morgan fingerprint density at radius 1 is 1.21 bits per heavy atom. The maximum absolute atomic E-state index is 9.40. The van der Waals surface area contributed by atoms with E-state index in [0.717, 1.165) is 22.6 Å². The number of benzene rings is 1. The van der Waals surface area contributed by atoms with Crippen LogP contribution < -0.4 is 5.32 Å². The number of aromatic nitrogens is 2. The molecule has 19 heavy (non-hydrogen) atoms. The maximum Gasteiger partial charge on any atom is 0.143 e. The van der Waals surface area contributed by atoms with E-state index >= 15 is 0 Å². The quantitative estimate of drug-likeness (QED) is 0.916. The minimum Gasteiger partial charge on any atom is -0.366 e. The topological polar surface area (TPSA) is 53.6 Å². The zero-order valence-electron chi connectivity index (χ0n) is 11.7. The van der Waals surface area contributed by atoms with Gasteiger partial charge in [0, 0.05) is 24.0 Å². The normalized spacial score (nSPS) is 11.9. The Balaban J connectivity index is 2.31. The van der Waals surface area contributed by atoms with Crippen molar-refractivity contribution in [2.24, 2.45) is 7.05 Å². The number of nitrogens with one attached hydrogen (secondary N) is 1. The lowest BCUT2D eigenvalue weighted by Crippen LogP contribution is -2.10. The Hall–Kier alpha value is -2.28. The van der Waals surface area contributed by atoms with Crippen molar-refractivity contribution in [1.82, 2.24) is 9.78 Å². The highest BCUT2D eigenvalue weighted by Crippen LogP contribution is 2.24. The molecule has 0 aliphatic heterocycles. The second-order valence-corrected chi connectivity index (χ2v) is 4.78. The van der Waals surface area contributed by atoms with Crippen LogP contribution in [0.5, 0.6) is 0 Å². The predicted octanol–water partition coefficient (Wildman–Crippen LogP) is 3.02. The highest BCUT2D eigenvalue weighted by atomic mass is 15.3. The predicted molar refractivity (Wildman–Crippen MR) is 75.8 cm³/mol. The van der Waals surface area contributed by atoms with E-state index < -0.39 is 0 Å². The van der Waals surface area contributed by atoms with Crippen LogP contribution in [-0.2, 0) is 7.05 Å². The Kier molecular flexibility index (Phi) is 3.57. The summed E-state index contributed by atoms with van der Waals surface area (Å²) in [5.41, 5.74) is 5.02. The molecule has 0 saturated carbocycles. The molecule has 2 rings (SSSR count). The summed E-state index contributed by atoms with van der Waals surface area (Å²) in [6.07, 6.45) is 0. The van der Waals surface area contributed by atoms with Crippen LogP contribution in [0.25, 0.3) is 0 Å². The average Bonchev–Trinajstić information content (AvgIpc) is 2.63. The van der Waals surface area contributed by atoms with E-state index in [-0.39, 0.29) is 6.04 Å². The molecule has 0 saturated heterocycles. The van der Waals surface area contributed by atoms with Gasteiger partial charge in [-0.25, -0.2) is 0 Å². The van der Waals surface area contributed by atoms with Gasteiger partial charge in [-0.2, -0.15) is 10.4 Å². The summed E-state index contributed by atoms with van der Waals surface area (Å²) in [6, 6.07) is 9.96. The summed E-state index contributed by atoms with van der Waals surface area (Å²) in [6.45, 7) is 5.96. The van der Waals surface area contributed by atoms with Crippen molar-refractivity contribution in [2.45, 2.75) is 26.8 Å². The number of nitrogens with zero attached hydrogens (tertiary/aromatic N) is 3. The first-order valence-electron chi connectivity index (χ1n) is 6.26. The van der Waals surface area contributed by atoms with Gasteiger partial charge in [0.25, 0.3) is 0 Å². The summed E-state index contributed by atoms with van der Waals surface area (Å²) in [5, 5.41) is 17.0. The highest BCUT2D eigenvalue weighted by molar-refractivity contribution is 5.49. The van der Waals surface area contributed by atoms with Gasteiger partial charge in [0.2, 0.25) is 0 Å². The smallest absolute Gasteiger partial charge is 0.143 e. The highest BCUT2D eigenvalue weighted by Gasteiger charge is 2.19. The lowest BCUT2D eigenvalue weighted by Gasteiger charge is -2.14. The summed E-state index contributed by atoms with van der Waals surface area (Å²) in [4.78, 5) is 0. The van der Waals surface area contributed by atoms with Gasteiger partial charge in [0.05, 0.1) is 11.8 Å². The lowest BCUT2D eigenvalue weighted by atomic mass is 10.1. The molecule has 0 spiro atoms. The zero-order chi connectivity index (χ0) is 14.0. The fraction of sp³-hybridized carbons (Fsp3) is 0.333. The van der Waals surface area contributed by atoms with Gasteiger partial charge < -0.3 is 5.32 Å². The van der Waals surface area contributed by atoms with Gasteiger partial charge in [0.15, 0.2) is 0 Å². The van der Waals surface area contributed by atoms with Crippen molar-refractivity contribution in [1.29, 1.82) is 5.26 Å². The molecule has 1 heterocycles. The molecule has 0 fully saturated rings. The molecule has 4 nitrogen and oxygen atoms in total. The average molecular weight is 254 g/mol. The first-order valence-corrected chi connectivity index (χ1v) is 6.26. The van der Waals surface area contributed by atoms with E-state index in [1.807, 2.05) is 56.8 Å². The zero-order valence-corrected chi connectivity index (χ0v) is 11.7. The van der Waals surface area contributed by atoms with Gasteiger partial charge in [-0.3, -0.25) is 4.68 Å². The van der Waals surface area contributed by atoms with Crippen molar-refractivity contribution < 1.29 is 0 Å². The molecule has 1 aromatic carbocycles. The molecular formula is C15H18N4. The fourth-order valence-electron chi connectivity index (χ4n) is 2.19. The maximum atomic E-state index is 9.40. The minimum atomic E-state index is -0.378. The molecule has 1 atom stereocenters. The molecular weight excluding hydrogens is 236 g/mol. The van der Waals surface area contributed by atoms with Gasteiger partial charge in [0.1, 0.15) is 6.04 Å². The molecule has 0 aliphatic rings. The van der Waals surface area contributed by atoms with Crippen LogP contribution in [0.4, 0.5) is 5.69 Å². The van der Waals surface area contributed by atoms with Crippen LogP contribution in [0, 0.1) is 32.1 Å². The first-order chi connectivity index (χ1) is 9.02. The van der Waals surface area contributed by atoms with E-state index in [9.17, 15) is 5.26 Å². The Morgan fingerprint density at radius 2 is 1.84 bits per heavy atom. The standard InChI is InChI=1S/C15H18N4/c1-10-5-7-13(8-6-10)17-14(9-16)15-11(2)18-19(4)12(15)3/h5-8,14,17H,1-4H3. The van der Waals surface area contributed by atoms with Crippen LogP contribution in [0.2, 0.25) is 0 Å². The molecule has 4 heteroatoms. The fourth-order valence-corrected chi connectivity index (χ4v) is 2.19. The Labute approximate surface area is 113 Å². The van der Waals surface area contributed by atoms with E-state index in [4.69, 9.17) is 0 Å². The van der Waals surface area contributed by atoms with Crippen molar-refractivity contribution in [3.63, 3.8) is 0 Å². The molecule has 2 aromatic rings. The number of hydrogen-bond donors (Lipinski definition) is 1. The summed E-state index contributed by atoms with van der Waals surface area (Å²) in [5.74, 6) is 0. The molecule has 98 valence electrons. The lowest BCUT2D eigenvalue weighted by molar-refractivity contribution is 0.729. The molecule has 1 unspecified atom stereocenters. The van der Waals surface area contributed by atoms with Crippen LogP contribution >= 0.6 is 0 Å². The molecule has 0 amide bonds. The third-order valence-electron chi connectivity index (χ3n) is 3.35. The first kappa shape index (κ1) is 13.2. The SMILES string of the molecule is Cc1ccc(NC(C#N)c2c(C)nn(C)c2C)cc1. The second kappa shape index (κ2) is 5.15. The van der Waals surface area contributed by atoms with E-state index in [1.165, 1.54) is 5.56 Å². The van der Waals surface area contributed by atoms with Crippen molar-refractivity contribution >= 4 is 5.69 Å². The van der Waals surface area contributed by atoms with Crippen molar-refractivity contribution in [3.8, 4) is 6.07 Å². The number of hydrogen-bond acceptors (Lipinski definition) is 3. The minimum absolute atomic E-state index is 0.378. The van der Waals surface area contributed by atoms with E-state index in [2.05, 4.69) is 16.5 Å². The Morgan fingerprint density at radius 3 is 2.32 bits per heavy atom. The van der Waals surface area contributed by atoms with Crippen LogP contribution in [0.15, 0.2) is 24.3 Å². The monoisotopic (exact) mass is 254 g/mol. The third-order valence-corrected chi connectivity index (χ3v) is 3.35. The van der Waals surface area contributed by atoms with Gasteiger partial charge in [-0.15, -0.1) is 0 Å². The van der Waals surface area contributed by atoms with Gasteiger partial charge >= 0.3 is 0 Å². The third kappa shape index (κ3) is 2.60. The summed E-state index contributed by atoms with van der Waals surface area (Å²) >= 11 is 0. The molecule has 1 N–H and O–H groups in total. The number of nitriles is 1. The second-order valence-electron chi connectivity index (χ2n) is 4.78. The van der Waals surface area contributed by atoms with Crippen LogP contribution in [0.3, 0.4) is 0 Å². The van der Waals surface area contributed by atoms with Crippen molar-refractivity contribution in [3.05, 3.63) is 46.8 Å². The van der Waals surface area contributed by atoms with Crippen molar-refractivity contribution in [2.75, 3.05) is 5.32 Å². The summed E-state index contributed by atoms with van der Waals surface area (Å²) < 4.78 is 1.81. The molecule has 0 bridgehead atoms. The molecule has 1 aromatic heterocycles. The number of aryl methyl sites for hydroxylation is 3. The largest absolute Gasteiger partial charge is 0.366 e. The molecule has 0 radical (unpaired) electrons.